The predicted molar refractivity (Wildman–Crippen MR) is 85.4 cm³/mol. The highest BCUT2D eigenvalue weighted by Gasteiger charge is 2.05. The second kappa shape index (κ2) is 9.21. The minimum absolute atomic E-state index is 0.157. The molecule has 0 radical (unpaired) electrons. The number of hydrogen-bond acceptors (Lipinski definition) is 4. The van der Waals surface area contributed by atoms with E-state index in [4.69, 9.17) is 9.47 Å². The molecule has 114 valence electrons. The van der Waals surface area contributed by atoms with Gasteiger partial charge in [-0.2, -0.15) is 0 Å². The zero-order chi connectivity index (χ0) is 15.7. The summed E-state index contributed by atoms with van der Waals surface area (Å²) >= 11 is 0. The van der Waals surface area contributed by atoms with Crippen LogP contribution in [0.1, 0.15) is 13.8 Å². The molecule has 1 aromatic rings. The van der Waals surface area contributed by atoms with E-state index in [1.54, 1.807) is 24.3 Å². The topological polar surface area (TPSA) is 67.8 Å². The molecule has 1 unspecified atom stereocenters. The van der Waals surface area contributed by atoms with E-state index < -0.39 is 6.10 Å². The number of benzene rings is 1. The van der Waals surface area contributed by atoms with Crippen LogP contribution in [-0.4, -0.2) is 44.8 Å². The summed E-state index contributed by atoms with van der Waals surface area (Å²) in [5.74, 6) is 0.474. The van der Waals surface area contributed by atoms with Gasteiger partial charge in [-0.3, -0.25) is 4.79 Å². The third-order valence-corrected chi connectivity index (χ3v) is 2.50. The van der Waals surface area contributed by atoms with Crippen LogP contribution < -0.4 is 10.1 Å². The maximum Gasteiger partial charge on any atom is 0.247 e. The fraction of sp³-hybridized carbons (Fsp3) is 0.400. The summed E-state index contributed by atoms with van der Waals surface area (Å²) in [5.41, 5.74) is 1.63. The summed E-state index contributed by atoms with van der Waals surface area (Å²) in [4.78, 5) is 11.6. The number of aliphatic hydroxyl groups excluding tert-OH is 1. The number of aliphatic hydroxyl groups is 1. The Labute approximate surface area is 126 Å². The highest BCUT2D eigenvalue weighted by atomic mass is 16.5. The molecule has 0 bridgehead atoms. The summed E-state index contributed by atoms with van der Waals surface area (Å²) in [6.45, 7) is 4.73. The van der Waals surface area contributed by atoms with Crippen LogP contribution in [-0.2, 0) is 9.53 Å². The number of allylic oxidation sites excluding steroid dienone is 1. The standard InChI is InChI=1S/C15H22BNO4/c1-3-20-9-13(18)10-21-14-6-4-12(5-7-14)17-15(19)8-11(2)16/h4-8,13,18H,3,9-10,16H2,1-2H3,(H,17,19)/b11-8+. The minimum atomic E-state index is -0.651. The van der Waals surface area contributed by atoms with Gasteiger partial charge in [0.2, 0.25) is 5.91 Å². The molecule has 0 aliphatic rings. The van der Waals surface area contributed by atoms with Gasteiger partial charge >= 0.3 is 0 Å². The van der Waals surface area contributed by atoms with Crippen LogP contribution in [0, 0.1) is 0 Å². The first kappa shape index (κ1) is 17.3. The molecule has 0 saturated carbocycles. The van der Waals surface area contributed by atoms with Crippen molar-refractivity contribution in [2.75, 3.05) is 25.1 Å². The molecule has 0 aliphatic carbocycles. The summed E-state index contributed by atoms with van der Waals surface area (Å²) in [5, 5.41) is 12.3. The number of anilines is 1. The van der Waals surface area contributed by atoms with Crippen molar-refractivity contribution in [2.45, 2.75) is 20.0 Å². The van der Waals surface area contributed by atoms with Gasteiger partial charge in [0.1, 0.15) is 26.3 Å². The van der Waals surface area contributed by atoms with Crippen LogP contribution >= 0.6 is 0 Å². The monoisotopic (exact) mass is 291 g/mol. The Morgan fingerprint density at radius 2 is 2.05 bits per heavy atom. The lowest BCUT2D eigenvalue weighted by atomic mass is 9.98. The molecule has 6 heteroatoms. The van der Waals surface area contributed by atoms with Gasteiger partial charge < -0.3 is 19.9 Å². The smallest absolute Gasteiger partial charge is 0.247 e. The van der Waals surface area contributed by atoms with E-state index in [-0.39, 0.29) is 19.1 Å². The molecule has 0 aromatic heterocycles. The van der Waals surface area contributed by atoms with Crippen molar-refractivity contribution >= 4 is 19.4 Å². The molecule has 1 atom stereocenters. The van der Waals surface area contributed by atoms with Crippen molar-refractivity contribution in [1.82, 2.24) is 0 Å². The van der Waals surface area contributed by atoms with E-state index in [2.05, 4.69) is 5.32 Å². The van der Waals surface area contributed by atoms with Crippen LogP contribution in [0.3, 0.4) is 0 Å². The predicted octanol–water partition coefficient (Wildman–Crippen LogP) is 0.938. The van der Waals surface area contributed by atoms with Gasteiger partial charge in [-0.25, -0.2) is 0 Å². The summed E-state index contributed by atoms with van der Waals surface area (Å²) < 4.78 is 10.5. The number of nitrogens with one attached hydrogen (secondary N) is 1. The maximum absolute atomic E-state index is 11.6. The third-order valence-electron chi connectivity index (χ3n) is 2.50. The van der Waals surface area contributed by atoms with Crippen molar-refractivity contribution in [2.24, 2.45) is 0 Å². The highest BCUT2D eigenvalue weighted by molar-refractivity contribution is 6.23. The molecule has 1 amide bonds. The lowest BCUT2D eigenvalue weighted by molar-refractivity contribution is -0.111. The van der Waals surface area contributed by atoms with Gasteiger partial charge in [-0.05, 0) is 37.3 Å². The van der Waals surface area contributed by atoms with Crippen molar-refractivity contribution < 1.29 is 19.4 Å². The molecular weight excluding hydrogens is 269 g/mol. The molecule has 5 nitrogen and oxygen atoms in total. The SMILES string of the molecule is B/C(C)=C/C(=O)Nc1ccc(OCC(O)COCC)cc1. The molecule has 0 saturated heterocycles. The Morgan fingerprint density at radius 1 is 1.38 bits per heavy atom. The van der Waals surface area contributed by atoms with Crippen LogP contribution in [0.4, 0.5) is 5.69 Å². The molecule has 21 heavy (non-hydrogen) atoms. The van der Waals surface area contributed by atoms with Gasteiger partial charge in [-0.15, -0.1) is 5.47 Å². The fourth-order valence-corrected chi connectivity index (χ4v) is 1.57. The average Bonchev–Trinajstić information content (AvgIpc) is 2.43. The summed E-state index contributed by atoms with van der Waals surface area (Å²) in [6.07, 6.45) is 0.885. The molecule has 0 fully saturated rings. The van der Waals surface area contributed by atoms with Crippen molar-refractivity contribution in [3.8, 4) is 5.75 Å². The first-order valence-corrected chi connectivity index (χ1v) is 6.95. The third kappa shape index (κ3) is 7.53. The number of amides is 1. The number of hydrogen-bond donors (Lipinski definition) is 2. The number of carbonyl (C=O) groups excluding carboxylic acids is 1. The highest BCUT2D eigenvalue weighted by Crippen LogP contribution is 2.16. The Bertz CT molecular complexity index is 469. The van der Waals surface area contributed by atoms with Gasteiger partial charge in [0, 0.05) is 12.3 Å². The Balaban J connectivity index is 2.43. The second-order valence-electron chi connectivity index (χ2n) is 4.86. The van der Waals surface area contributed by atoms with Gasteiger partial charge in [0.05, 0.1) is 6.61 Å². The average molecular weight is 291 g/mol. The largest absolute Gasteiger partial charge is 0.491 e. The van der Waals surface area contributed by atoms with E-state index in [1.165, 1.54) is 6.08 Å². The molecule has 0 aliphatic heterocycles. The van der Waals surface area contributed by atoms with Crippen LogP contribution in [0.25, 0.3) is 0 Å². The molecule has 0 spiro atoms. The number of carbonyl (C=O) groups is 1. The van der Waals surface area contributed by atoms with E-state index in [9.17, 15) is 9.90 Å². The molecule has 2 N–H and O–H groups in total. The summed E-state index contributed by atoms with van der Waals surface area (Å²) in [7, 11) is 1.87. The van der Waals surface area contributed by atoms with Crippen LogP contribution in [0.15, 0.2) is 35.8 Å². The Kier molecular flexibility index (Phi) is 7.57. The minimum Gasteiger partial charge on any atom is -0.491 e. The lowest BCUT2D eigenvalue weighted by Crippen LogP contribution is -2.23. The molecular formula is C15H22BNO4. The molecule has 0 heterocycles. The molecule has 1 rings (SSSR count). The van der Waals surface area contributed by atoms with Gasteiger partial charge in [0.25, 0.3) is 0 Å². The molecule has 1 aromatic carbocycles. The van der Waals surface area contributed by atoms with Gasteiger partial charge in [0.15, 0.2) is 0 Å². The van der Waals surface area contributed by atoms with E-state index in [1.807, 2.05) is 21.7 Å². The first-order chi connectivity index (χ1) is 10.0. The fourth-order valence-electron chi connectivity index (χ4n) is 1.57. The van der Waals surface area contributed by atoms with Crippen LogP contribution in [0.5, 0.6) is 5.75 Å². The van der Waals surface area contributed by atoms with Crippen molar-refractivity contribution in [3.63, 3.8) is 0 Å². The van der Waals surface area contributed by atoms with E-state index in [0.29, 0.717) is 18.0 Å². The van der Waals surface area contributed by atoms with E-state index >= 15 is 0 Å². The Hall–Kier alpha value is -1.79. The normalized spacial score (nSPS) is 12.8. The second-order valence-corrected chi connectivity index (χ2v) is 4.86. The quantitative estimate of drug-likeness (QED) is 0.552. The van der Waals surface area contributed by atoms with Crippen molar-refractivity contribution in [3.05, 3.63) is 35.8 Å². The maximum atomic E-state index is 11.6. The summed E-state index contributed by atoms with van der Waals surface area (Å²) in [6, 6.07) is 6.99. The van der Waals surface area contributed by atoms with Gasteiger partial charge in [-0.1, -0.05) is 6.92 Å². The Morgan fingerprint density at radius 3 is 2.62 bits per heavy atom. The van der Waals surface area contributed by atoms with Crippen LogP contribution in [0.2, 0.25) is 0 Å². The van der Waals surface area contributed by atoms with Crippen molar-refractivity contribution in [1.29, 1.82) is 0 Å². The lowest BCUT2D eigenvalue weighted by Gasteiger charge is -2.12. The first-order valence-electron chi connectivity index (χ1n) is 6.95. The zero-order valence-electron chi connectivity index (χ0n) is 12.8. The number of ether oxygens (including phenoxy) is 2. The zero-order valence-corrected chi connectivity index (χ0v) is 12.8. The number of rotatable bonds is 8. The van der Waals surface area contributed by atoms with E-state index in [0.717, 1.165) is 5.47 Å².